The quantitative estimate of drug-likeness (QED) is 0.795. The Labute approximate surface area is 121 Å². The number of rotatable bonds is 3. The zero-order valence-electron chi connectivity index (χ0n) is 11.3. The van der Waals surface area contributed by atoms with Crippen LogP contribution >= 0.6 is 0 Å². The lowest BCUT2D eigenvalue weighted by atomic mass is 9.99. The van der Waals surface area contributed by atoms with E-state index in [1.165, 1.54) is 12.1 Å². The van der Waals surface area contributed by atoms with Gasteiger partial charge in [-0.15, -0.1) is 0 Å². The number of fused-ring (bicyclic) bond motifs is 1. The van der Waals surface area contributed by atoms with E-state index in [9.17, 15) is 8.78 Å². The lowest BCUT2D eigenvalue weighted by molar-refractivity contribution is 0.563. The maximum absolute atomic E-state index is 13.7. The highest BCUT2D eigenvalue weighted by molar-refractivity contribution is 5.78. The fourth-order valence-corrected chi connectivity index (χ4v) is 2.33. The van der Waals surface area contributed by atoms with E-state index in [-0.39, 0.29) is 6.04 Å². The van der Waals surface area contributed by atoms with Crippen LogP contribution in [0.1, 0.15) is 17.2 Å². The Hall–Kier alpha value is -2.33. The maximum atomic E-state index is 13.7. The lowest BCUT2D eigenvalue weighted by Gasteiger charge is -2.13. The third-order valence-corrected chi connectivity index (χ3v) is 3.49. The average molecular weight is 284 g/mol. The SMILES string of the molecule is NC(Cc1ccc(F)cc1F)c1cnc2ccccc2c1. The first-order valence-electron chi connectivity index (χ1n) is 6.67. The van der Waals surface area contributed by atoms with E-state index >= 15 is 0 Å². The zero-order chi connectivity index (χ0) is 14.8. The fourth-order valence-electron chi connectivity index (χ4n) is 2.33. The first-order chi connectivity index (χ1) is 10.1. The molecule has 4 heteroatoms. The van der Waals surface area contributed by atoms with Gasteiger partial charge in [-0.25, -0.2) is 8.78 Å². The van der Waals surface area contributed by atoms with E-state index in [0.29, 0.717) is 12.0 Å². The van der Waals surface area contributed by atoms with Crippen LogP contribution in [0.4, 0.5) is 8.78 Å². The first-order valence-corrected chi connectivity index (χ1v) is 6.67. The number of hydrogen-bond acceptors (Lipinski definition) is 2. The number of nitrogens with two attached hydrogens (primary N) is 1. The van der Waals surface area contributed by atoms with E-state index in [1.54, 1.807) is 6.20 Å². The van der Waals surface area contributed by atoms with Crippen molar-refractivity contribution in [1.29, 1.82) is 0 Å². The van der Waals surface area contributed by atoms with Crippen molar-refractivity contribution in [3.05, 3.63) is 77.5 Å². The van der Waals surface area contributed by atoms with Crippen LogP contribution in [0.3, 0.4) is 0 Å². The number of para-hydroxylation sites is 1. The summed E-state index contributed by atoms with van der Waals surface area (Å²) in [5.74, 6) is -1.16. The maximum Gasteiger partial charge on any atom is 0.129 e. The molecule has 0 amide bonds. The molecule has 1 heterocycles. The predicted octanol–water partition coefficient (Wildman–Crippen LogP) is 3.76. The van der Waals surface area contributed by atoms with Gasteiger partial charge in [0.15, 0.2) is 0 Å². The molecule has 0 aliphatic heterocycles. The summed E-state index contributed by atoms with van der Waals surface area (Å²) in [6.07, 6.45) is 2.00. The Morgan fingerprint density at radius 3 is 2.67 bits per heavy atom. The molecule has 2 aromatic carbocycles. The van der Waals surface area contributed by atoms with Crippen molar-refractivity contribution >= 4 is 10.9 Å². The van der Waals surface area contributed by atoms with Gasteiger partial charge >= 0.3 is 0 Å². The van der Waals surface area contributed by atoms with Crippen LogP contribution in [-0.4, -0.2) is 4.98 Å². The Morgan fingerprint density at radius 1 is 1.05 bits per heavy atom. The Kier molecular flexibility index (Phi) is 3.62. The zero-order valence-corrected chi connectivity index (χ0v) is 11.3. The molecule has 106 valence electrons. The molecular weight excluding hydrogens is 270 g/mol. The Bertz CT molecular complexity index is 787. The van der Waals surface area contributed by atoms with Gasteiger partial charge in [0.05, 0.1) is 5.52 Å². The van der Waals surface area contributed by atoms with Gasteiger partial charge in [0.1, 0.15) is 11.6 Å². The summed E-state index contributed by atoms with van der Waals surface area (Å²) in [6, 6.07) is 12.8. The molecule has 3 aromatic rings. The average Bonchev–Trinajstić information content (AvgIpc) is 2.49. The van der Waals surface area contributed by atoms with Gasteiger partial charge < -0.3 is 5.73 Å². The van der Waals surface area contributed by atoms with Crippen molar-refractivity contribution < 1.29 is 8.78 Å². The molecule has 21 heavy (non-hydrogen) atoms. The smallest absolute Gasteiger partial charge is 0.129 e. The molecule has 0 saturated carbocycles. The van der Waals surface area contributed by atoms with Crippen LogP contribution in [0.2, 0.25) is 0 Å². The van der Waals surface area contributed by atoms with E-state index < -0.39 is 11.6 Å². The number of benzene rings is 2. The summed E-state index contributed by atoms with van der Waals surface area (Å²) in [5.41, 5.74) is 8.25. The van der Waals surface area contributed by atoms with Crippen LogP contribution in [-0.2, 0) is 6.42 Å². The second kappa shape index (κ2) is 5.58. The Morgan fingerprint density at radius 2 is 1.86 bits per heavy atom. The minimum absolute atomic E-state index is 0.298. The normalized spacial score (nSPS) is 12.5. The molecule has 3 rings (SSSR count). The van der Waals surface area contributed by atoms with Crippen molar-refractivity contribution in [1.82, 2.24) is 4.98 Å². The molecule has 2 N–H and O–H groups in total. The molecule has 0 aliphatic rings. The molecule has 1 aromatic heterocycles. The summed E-state index contributed by atoms with van der Waals surface area (Å²) >= 11 is 0. The van der Waals surface area contributed by atoms with Gasteiger partial charge in [-0.2, -0.15) is 0 Å². The molecular formula is C17H14F2N2. The van der Waals surface area contributed by atoms with E-state index in [0.717, 1.165) is 22.5 Å². The number of aromatic nitrogens is 1. The third kappa shape index (κ3) is 2.90. The van der Waals surface area contributed by atoms with Crippen molar-refractivity contribution in [2.24, 2.45) is 5.73 Å². The van der Waals surface area contributed by atoms with E-state index in [4.69, 9.17) is 5.73 Å². The number of hydrogen-bond donors (Lipinski definition) is 1. The molecule has 2 nitrogen and oxygen atoms in total. The Balaban J connectivity index is 1.87. The number of nitrogens with zero attached hydrogens (tertiary/aromatic N) is 1. The van der Waals surface area contributed by atoms with Gasteiger partial charge in [0.25, 0.3) is 0 Å². The highest BCUT2D eigenvalue weighted by Crippen LogP contribution is 2.21. The summed E-state index contributed by atoms with van der Waals surface area (Å²) < 4.78 is 26.6. The summed E-state index contributed by atoms with van der Waals surface area (Å²) in [6.45, 7) is 0. The van der Waals surface area contributed by atoms with Crippen LogP contribution in [0.25, 0.3) is 10.9 Å². The minimum Gasteiger partial charge on any atom is -0.324 e. The van der Waals surface area contributed by atoms with Crippen molar-refractivity contribution in [2.45, 2.75) is 12.5 Å². The summed E-state index contributed by atoms with van der Waals surface area (Å²) in [7, 11) is 0. The van der Waals surface area contributed by atoms with Gasteiger partial charge in [-0.3, -0.25) is 4.98 Å². The van der Waals surface area contributed by atoms with E-state index in [1.807, 2.05) is 30.3 Å². The first kappa shape index (κ1) is 13.6. The monoisotopic (exact) mass is 284 g/mol. The van der Waals surface area contributed by atoms with Crippen molar-refractivity contribution in [2.75, 3.05) is 0 Å². The standard InChI is InChI=1S/C17H14F2N2/c18-14-6-5-11(15(19)9-14)8-16(20)13-7-12-3-1-2-4-17(12)21-10-13/h1-7,9-10,16H,8,20H2. The molecule has 0 aliphatic carbocycles. The number of pyridine rings is 1. The topological polar surface area (TPSA) is 38.9 Å². The molecule has 0 saturated heterocycles. The van der Waals surface area contributed by atoms with Crippen LogP contribution in [0.5, 0.6) is 0 Å². The van der Waals surface area contributed by atoms with Crippen LogP contribution < -0.4 is 5.73 Å². The second-order valence-corrected chi connectivity index (χ2v) is 5.01. The second-order valence-electron chi connectivity index (χ2n) is 5.01. The molecule has 1 unspecified atom stereocenters. The predicted molar refractivity (Wildman–Crippen MR) is 78.7 cm³/mol. The third-order valence-electron chi connectivity index (χ3n) is 3.49. The largest absolute Gasteiger partial charge is 0.324 e. The van der Waals surface area contributed by atoms with Gasteiger partial charge in [0, 0.05) is 23.7 Å². The van der Waals surface area contributed by atoms with Crippen molar-refractivity contribution in [3.8, 4) is 0 Å². The fraction of sp³-hybridized carbons (Fsp3) is 0.118. The number of halogens is 2. The molecule has 1 atom stereocenters. The van der Waals surface area contributed by atoms with Crippen LogP contribution in [0, 0.1) is 11.6 Å². The molecule has 0 spiro atoms. The van der Waals surface area contributed by atoms with Crippen molar-refractivity contribution in [3.63, 3.8) is 0 Å². The molecule has 0 fully saturated rings. The summed E-state index contributed by atoms with van der Waals surface area (Å²) in [4.78, 5) is 4.35. The molecule has 0 bridgehead atoms. The van der Waals surface area contributed by atoms with Crippen LogP contribution in [0.15, 0.2) is 54.7 Å². The van der Waals surface area contributed by atoms with Gasteiger partial charge in [-0.1, -0.05) is 24.3 Å². The summed E-state index contributed by atoms with van der Waals surface area (Å²) in [5, 5.41) is 0.991. The van der Waals surface area contributed by atoms with Gasteiger partial charge in [0.2, 0.25) is 0 Å². The van der Waals surface area contributed by atoms with E-state index in [2.05, 4.69) is 4.98 Å². The highest BCUT2D eigenvalue weighted by Gasteiger charge is 2.12. The van der Waals surface area contributed by atoms with Gasteiger partial charge in [-0.05, 0) is 35.7 Å². The molecule has 0 radical (unpaired) electrons. The minimum atomic E-state index is -0.586. The lowest BCUT2D eigenvalue weighted by Crippen LogP contribution is -2.14. The highest BCUT2D eigenvalue weighted by atomic mass is 19.1.